The first-order valence-corrected chi connectivity index (χ1v) is 7.60. The normalized spacial score (nSPS) is 15.3. The molecule has 0 fully saturated rings. The Morgan fingerprint density at radius 2 is 1.52 bits per heavy atom. The first-order chi connectivity index (χ1) is 10.5. The van der Waals surface area contributed by atoms with Gasteiger partial charge in [0.15, 0.2) is 0 Å². The number of benzene rings is 1. The van der Waals surface area contributed by atoms with Crippen molar-refractivity contribution >= 4 is 5.78 Å². The molecule has 130 valence electrons. The van der Waals surface area contributed by atoms with E-state index in [0.717, 1.165) is 0 Å². The number of Topliss-reactive ketones (excluding diaryl/α,β-unsaturated/α-hetero) is 1. The van der Waals surface area contributed by atoms with Gasteiger partial charge in [-0.15, -0.1) is 0 Å². The zero-order valence-electron chi connectivity index (χ0n) is 13.6. The van der Waals surface area contributed by atoms with Gasteiger partial charge in [-0.3, -0.25) is 4.79 Å². The summed E-state index contributed by atoms with van der Waals surface area (Å²) in [4.78, 5) is 11.9. The third-order valence-corrected chi connectivity index (χ3v) is 4.29. The van der Waals surface area contributed by atoms with Crippen molar-refractivity contribution in [2.24, 2.45) is 0 Å². The largest absolute Gasteiger partial charge is 0.461 e. The third-order valence-electron chi connectivity index (χ3n) is 4.29. The van der Waals surface area contributed by atoms with Crippen molar-refractivity contribution in [3.63, 3.8) is 0 Å². The molecule has 0 N–H and O–H groups in total. The molecule has 0 radical (unpaired) electrons. The minimum atomic E-state index is -5.90. The molecule has 0 amide bonds. The minimum Gasteiger partial charge on any atom is -0.287 e. The predicted molar refractivity (Wildman–Crippen MR) is 79.2 cm³/mol. The number of carbonyl (C=O) groups excluding carboxylic acids is 1. The van der Waals surface area contributed by atoms with Crippen molar-refractivity contribution in [1.29, 1.82) is 0 Å². The van der Waals surface area contributed by atoms with Crippen molar-refractivity contribution < 1.29 is 26.7 Å². The molecule has 6 heteroatoms. The number of hydrogen-bond donors (Lipinski definition) is 0. The van der Waals surface area contributed by atoms with Crippen LogP contribution >= 0.6 is 0 Å². The van der Waals surface area contributed by atoms with Crippen LogP contribution in [0.4, 0.5) is 22.0 Å². The number of carbonyl (C=O) groups is 1. The van der Waals surface area contributed by atoms with Crippen LogP contribution in [-0.2, 0) is 0 Å². The Balaban J connectivity index is 3.49. The van der Waals surface area contributed by atoms with Crippen LogP contribution in [0.1, 0.15) is 73.9 Å². The van der Waals surface area contributed by atoms with Crippen molar-refractivity contribution in [1.82, 2.24) is 0 Å². The second-order valence-electron chi connectivity index (χ2n) is 5.87. The molecule has 0 aromatic heterocycles. The van der Waals surface area contributed by atoms with E-state index in [1.165, 1.54) is 12.1 Å². The molecular weight excluding hydrogens is 315 g/mol. The fourth-order valence-corrected chi connectivity index (χ4v) is 2.26. The van der Waals surface area contributed by atoms with Crippen LogP contribution in [0.5, 0.6) is 0 Å². The molecule has 1 aromatic carbocycles. The molecular formula is C17H21F5O. The highest BCUT2D eigenvalue weighted by Gasteiger charge is 2.63. The Kier molecular flexibility index (Phi) is 5.94. The van der Waals surface area contributed by atoms with Gasteiger partial charge < -0.3 is 0 Å². The topological polar surface area (TPSA) is 17.1 Å². The van der Waals surface area contributed by atoms with Gasteiger partial charge in [-0.25, -0.2) is 0 Å². The minimum absolute atomic E-state index is 0.0351. The van der Waals surface area contributed by atoms with Gasteiger partial charge in [0.05, 0.1) is 0 Å². The summed E-state index contributed by atoms with van der Waals surface area (Å²) in [6.45, 7) is 7.18. The SMILES string of the molecule is CCC(C)c1ccc(C(C)CC)c(C(=O)C(F)(F)C(F)(F)F)c1. The van der Waals surface area contributed by atoms with Gasteiger partial charge >= 0.3 is 12.1 Å². The maximum atomic E-state index is 13.5. The van der Waals surface area contributed by atoms with E-state index >= 15 is 0 Å². The van der Waals surface area contributed by atoms with Gasteiger partial charge in [-0.05, 0) is 41.9 Å². The van der Waals surface area contributed by atoms with Gasteiger partial charge in [0.1, 0.15) is 0 Å². The summed E-state index contributed by atoms with van der Waals surface area (Å²) in [7, 11) is 0. The van der Waals surface area contributed by atoms with E-state index in [-0.39, 0.29) is 17.4 Å². The lowest BCUT2D eigenvalue weighted by Gasteiger charge is -2.22. The van der Waals surface area contributed by atoms with Crippen molar-refractivity contribution in [2.45, 2.75) is 64.5 Å². The fourth-order valence-electron chi connectivity index (χ4n) is 2.26. The van der Waals surface area contributed by atoms with Crippen LogP contribution in [0.15, 0.2) is 18.2 Å². The molecule has 0 bridgehead atoms. The van der Waals surface area contributed by atoms with Gasteiger partial charge in [-0.1, -0.05) is 39.8 Å². The molecule has 1 nitrogen and oxygen atoms in total. The number of alkyl halides is 5. The van der Waals surface area contributed by atoms with Gasteiger partial charge in [0, 0.05) is 5.56 Å². The second kappa shape index (κ2) is 6.97. The Hall–Kier alpha value is -1.46. The van der Waals surface area contributed by atoms with Crippen LogP contribution < -0.4 is 0 Å². The van der Waals surface area contributed by atoms with Crippen LogP contribution in [0.25, 0.3) is 0 Å². The smallest absolute Gasteiger partial charge is 0.287 e. The molecule has 1 rings (SSSR count). The summed E-state index contributed by atoms with van der Waals surface area (Å²) in [5.41, 5.74) is 0.286. The van der Waals surface area contributed by atoms with E-state index in [9.17, 15) is 26.7 Å². The molecule has 0 saturated carbocycles. The number of halogens is 5. The zero-order valence-corrected chi connectivity index (χ0v) is 13.6. The van der Waals surface area contributed by atoms with Crippen LogP contribution in [-0.4, -0.2) is 17.9 Å². The highest BCUT2D eigenvalue weighted by atomic mass is 19.4. The molecule has 0 spiro atoms. The summed E-state index contributed by atoms with van der Waals surface area (Å²) in [5.74, 6) is -7.88. The molecule has 0 aliphatic carbocycles. The first-order valence-electron chi connectivity index (χ1n) is 7.60. The summed E-state index contributed by atoms with van der Waals surface area (Å²) >= 11 is 0. The molecule has 0 aliphatic rings. The van der Waals surface area contributed by atoms with E-state index in [2.05, 4.69) is 0 Å². The highest BCUT2D eigenvalue weighted by molar-refractivity contribution is 6.03. The highest BCUT2D eigenvalue weighted by Crippen LogP contribution is 2.40. The monoisotopic (exact) mass is 336 g/mol. The lowest BCUT2D eigenvalue weighted by Crippen LogP contribution is -2.44. The quantitative estimate of drug-likeness (QED) is 0.453. The maximum Gasteiger partial charge on any atom is 0.461 e. The number of rotatable bonds is 6. The fraction of sp³-hybridized carbons (Fsp3) is 0.588. The average molecular weight is 336 g/mol. The van der Waals surface area contributed by atoms with Gasteiger partial charge in [0.2, 0.25) is 5.78 Å². The Labute approximate surface area is 132 Å². The predicted octanol–water partition coefficient (Wildman–Crippen LogP) is 6.09. The maximum absolute atomic E-state index is 13.5. The molecule has 0 aliphatic heterocycles. The lowest BCUT2D eigenvalue weighted by molar-refractivity contribution is -0.255. The van der Waals surface area contributed by atoms with E-state index < -0.39 is 23.4 Å². The summed E-state index contributed by atoms with van der Waals surface area (Å²) in [6.07, 6.45) is -4.68. The molecule has 0 heterocycles. The summed E-state index contributed by atoms with van der Waals surface area (Å²) in [6, 6.07) is 4.38. The Morgan fingerprint density at radius 1 is 1.00 bits per heavy atom. The first kappa shape index (κ1) is 19.6. The molecule has 2 unspecified atom stereocenters. The van der Waals surface area contributed by atoms with Crippen LogP contribution in [0.3, 0.4) is 0 Å². The average Bonchev–Trinajstić information content (AvgIpc) is 2.50. The second-order valence-corrected chi connectivity index (χ2v) is 5.87. The Morgan fingerprint density at radius 3 is 1.96 bits per heavy atom. The standard InChI is InChI=1S/C17H21F5O/c1-5-10(3)12-7-8-13(11(4)6-2)14(9-12)15(23)16(18,19)17(20,21)22/h7-11H,5-6H2,1-4H3. The number of ketones is 1. The van der Waals surface area contributed by atoms with Crippen molar-refractivity contribution in [3.05, 3.63) is 34.9 Å². The van der Waals surface area contributed by atoms with E-state index in [0.29, 0.717) is 18.4 Å². The molecule has 0 saturated heterocycles. The van der Waals surface area contributed by atoms with Crippen LogP contribution in [0, 0.1) is 0 Å². The van der Waals surface area contributed by atoms with E-state index in [4.69, 9.17) is 0 Å². The van der Waals surface area contributed by atoms with E-state index in [1.807, 2.05) is 13.8 Å². The molecule has 1 aromatic rings. The third kappa shape index (κ3) is 3.90. The van der Waals surface area contributed by atoms with E-state index in [1.54, 1.807) is 19.9 Å². The van der Waals surface area contributed by atoms with Crippen LogP contribution in [0.2, 0.25) is 0 Å². The number of hydrogen-bond acceptors (Lipinski definition) is 1. The zero-order chi connectivity index (χ0) is 18.0. The van der Waals surface area contributed by atoms with Crippen molar-refractivity contribution in [2.75, 3.05) is 0 Å². The lowest BCUT2D eigenvalue weighted by atomic mass is 9.86. The van der Waals surface area contributed by atoms with Gasteiger partial charge in [0.25, 0.3) is 0 Å². The Bertz CT molecular complexity index is 563. The molecule has 2 atom stereocenters. The van der Waals surface area contributed by atoms with Crippen molar-refractivity contribution in [3.8, 4) is 0 Å². The van der Waals surface area contributed by atoms with Gasteiger partial charge in [-0.2, -0.15) is 22.0 Å². The summed E-state index contributed by atoms with van der Waals surface area (Å²) < 4.78 is 64.6. The summed E-state index contributed by atoms with van der Waals surface area (Å²) in [5, 5.41) is 0. The molecule has 23 heavy (non-hydrogen) atoms.